The van der Waals surface area contributed by atoms with E-state index in [0.29, 0.717) is 30.4 Å². The van der Waals surface area contributed by atoms with Crippen LogP contribution in [-0.4, -0.2) is 50.7 Å². The monoisotopic (exact) mass is 484 g/mol. The summed E-state index contributed by atoms with van der Waals surface area (Å²) in [7, 11) is 0. The number of rotatable bonds is 7. The van der Waals surface area contributed by atoms with Crippen LogP contribution in [0.4, 0.5) is 16.0 Å². The Labute approximate surface area is 209 Å². The zero-order valence-electron chi connectivity index (χ0n) is 20.0. The first kappa shape index (κ1) is 22.7. The van der Waals surface area contributed by atoms with Gasteiger partial charge in [0, 0.05) is 48.7 Å². The Bertz CT molecular complexity index is 1360. The van der Waals surface area contributed by atoms with Gasteiger partial charge in [-0.05, 0) is 73.2 Å². The summed E-state index contributed by atoms with van der Waals surface area (Å²) in [5, 5.41) is 10.8. The van der Waals surface area contributed by atoms with Crippen LogP contribution in [0.1, 0.15) is 41.6 Å². The highest BCUT2D eigenvalue weighted by Crippen LogP contribution is 2.26. The van der Waals surface area contributed by atoms with Gasteiger partial charge in [0.15, 0.2) is 5.65 Å². The third-order valence-electron chi connectivity index (χ3n) is 6.87. The van der Waals surface area contributed by atoms with Crippen molar-refractivity contribution in [2.45, 2.75) is 44.4 Å². The molecule has 0 spiro atoms. The summed E-state index contributed by atoms with van der Waals surface area (Å²) >= 11 is 0. The second-order valence-electron chi connectivity index (χ2n) is 9.72. The number of alkyl halides is 1. The molecular formula is C28H29FN6O. The number of hydrogen-bond donors (Lipinski definition) is 2. The topological polar surface area (TPSA) is 74.6 Å². The van der Waals surface area contributed by atoms with Gasteiger partial charge >= 0.3 is 0 Å². The van der Waals surface area contributed by atoms with E-state index in [1.165, 1.54) is 5.56 Å². The summed E-state index contributed by atoms with van der Waals surface area (Å²) in [6.45, 7) is 2.47. The number of anilines is 2. The third kappa shape index (κ3) is 5.09. The van der Waals surface area contributed by atoms with Crippen LogP contribution in [0, 0.1) is 0 Å². The highest BCUT2D eigenvalue weighted by Gasteiger charge is 2.23. The van der Waals surface area contributed by atoms with E-state index in [-0.39, 0.29) is 5.91 Å². The number of fused-ring (bicyclic) bond motifs is 1. The molecule has 8 heteroatoms. The van der Waals surface area contributed by atoms with E-state index >= 15 is 0 Å². The number of halogens is 1. The molecule has 1 amide bonds. The zero-order chi connectivity index (χ0) is 24.5. The van der Waals surface area contributed by atoms with Gasteiger partial charge < -0.3 is 10.6 Å². The fourth-order valence-electron chi connectivity index (χ4n) is 4.62. The molecule has 2 aromatic heterocycles. The van der Waals surface area contributed by atoms with Gasteiger partial charge in [-0.2, -0.15) is 4.98 Å². The largest absolute Gasteiger partial charge is 0.349 e. The normalized spacial score (nSPS) is 16.8. The van der Waals surface area contributed by atoms with Crippen molar-refractivity contribution in [3.05, 3.63) is 78.0 Å². The molecule has 7 nitrogen and oxygen atoms in total. The summed E-state index contributed by atoms with van der Waals surface area (Å²) in [6.07, 6.45) is 4.62. The number of nitrogens with zero attached hydrogens (tertiary/aromatic N) is 4. The molecule has 2 aromatic carbocycles. The van der Waals surface area contributed by atoms with E-state index in [1.807, 2.05) is 42.6 Å². The van der Waals surface area contributed by atoms with E-state index in [2.05, 4.69) is 44.9 Å². The lowest BCUT2D eigenvalue weighted by atomic mass is 10.0. The molecule has 0 unspecified atom stereocenters. The number of aromatic nitrogens is 3. The Kier molecular flexibility index (Phi) is 6.11. The number of amides is 1. The quantitative estimate of drug-likeness (QED) is 0.388. The molecular weight excluding hydrogens is 455 g/mol. The minimum atomic E-state index is -0.649. The highest BCUT2D eigenvalue weighted by molar-refractivity contribution is 5.95. The molecule has 0 atom stereocenters. The maximum atomic E-state index is 13.4. The van der Waals surface area contributed by atoms with Crippen molar-refractivity contribution >= 4 is 23.2 Å². The molecule has 1 aliphatic carbocycles. The molecule has 36 heavy (non-hydrogen) atoms. The van der Waals surface area contributed by atoms with Gasteiger partial charge in [-0.1, -0.05) is 24.3 Å². The number of hydrogen-bond acceptors (Lipinski definition) is 5. The minimum absolute atomic E-state index is 0.0325. The Morgan fingerprint density at radius 1 is 0.972 bits per heavy atom. The second kappa shape index (κ2) is 9.70. The molecule has 6 rings (SSSR count). The van der Waals surface area contributed by atoms with Crippen molar-refractivity contribution in [3.8, 4) is 11.1 Å². The van der Waals surface area contributed by atoms with Crippen molar-refractivity contribution in [3.63, 3.8) is 0 Å². The number of likely N-dealkylation sites (tertiary alicyclic amines) is 1. The van der Waals surface area contributed by atoms with Crippen molar-refractivity contribution in [1.29, 1.82) is 0 Å². The first-order valence-corrected chi connectivity index (χ1v) is 12.6. The van der Waals surface area contributed by atoms with E-state index in [1.54, 1.807) is 4.52 Å². The number of pyridine rings is 1. The molecule has 4 aromatic rings. The van der Waals surface area contributed by atoms with Gasteiger partial charge in [-0.3, -0.25) is 9.69 Å². The van der Waals surface area contributed by atoms with Crippen LogP contribution in [0.2, 0.25) is 0 Å². The molecule has 1 aliphatic heterocycles. The molecule has 0 bridgehead atoms. The average molecular weight is 485 g/mol. The van der Waals surface area contributed by atoms with Gasteiger partial charge in [0.25, 0.3) is 5.91 Å². The van der Waals surface area contributed by atoms with E-state index in [0.717, 1.165) is 54.9 Å². The molecule has 1 saturated carbocycles. The van der Waals surface area contributed by atoms with Crippen LogP contribution in [-0.2, 0) is 6.54 Å². The number of benzene rings is 2. The van der Waals surface area contributed by atoms with Crippen molar-refractivity contribution in [2.24, 2.45) is 0 Å². The van der Waals surface area contributed by atoms with Gasteiger partial charge in [0.05, 0.1) is 0 Å². The van der Waals surface area contributed by atoms with Crippen LogP contribution < -0.4 is 10.6 Å². The van der Waals surface area contributed by atoms with Crippen LogP contribution in [0.3, 0.4) is 0 Å². The first-order chi connectivity index (χ1) is 17.6. The molecule has 2 N–H and O–H groups in total. The van der Waals surface area contributed by atoms with E-state index in [4.69, 9.17) is 4.98 Å². The summed E-state index contributed by atoms with van der Waals surface area (Å²) in [4.78, 5) is 19.3. The van der Waals surface area contributed by atoms with Crippen molar-refractivity contribution in [1.82, 2.24) is 24.8 Å². The number of piperidine rings is 1. The van der Waals surface area contributed by atoms with Crippen LogP contribution in [0.25, 0.3) is 16.8 Å². The van der Waals surface area contributed by atoms with Crippen molar-refractivity contribution < 1.29 is 9.18 Å². The Morgan fingerprint density at radius 3 is 2.44 bits per heavy atom. The SMILES string of the molecule is O=C(NC1CC1)c1ccc(Nc2nc3c(-c4ccc(CN5CCC(F)CC5)cc4)cccn3n2)cc1. The minimum Gasteiger partial charge on any atom is -0.349 e. The van der Waals surface area contributed by atoms with Crippen molar-refractivity contribution in [2.75, 3.05) is 18.4 Å². The van der Waals surface area contributed by atoms with Gasteiger partial charge in [0.2, 0.25) is 5.95 Å². The Morgan fingerprint density at radius 2 is 1.72 bits per heavy atom. The number of carbonyl (C=O) groups excluding carboxylic acids is 1. The maximum Gasteiger partial charge on any atom is 0.251 e. The summed E-state index contributed by atoms with van der Waals surface area (Å²) in [5.41, 5.74) is 5.51. The first-order valence-electron chi connectivity index (χ1n) is 12.6. The fourth-order valence-corrected chi connectivity index (χ4v) is 4.62. The van der Waals surface area contributed by atoms with Crippen LogP contribution >= 0.6 is 0 Å². The van der Waals surface area contributed by atoms with Crippen LogP contribution in [0.5, 0.6) is 0 Å². The molecule has 1 saturated heterocycles. The van der Waals surface area contributed by atoms with E-state index < -0.39 is 6.17 Å². The number of carbonyl (C=O) groups is 1. The van der Waals surface area contributed by atoms with E-state index in [9.17, 15) is 9.18 Å². The lowest BCUT2D eigenvalue weighted by Gasteiger charge is -2.28. The third-order valence-corrected chi connectivity index (χ3v) is 6.87. The molecule has 184 valence electrons. The maximum absolute atomic E-state index is 13.4. The van der Waals surface area contributed by atoms with Gasteiger partial charge in [-0.25, -0.2) is 8.91 Å². The van der Waals surface area contributed by atoms with Gasteiger partial charge in [0.1, 0.15) is 6.17 Å². The lowest BCUT2D eigenvalue weighted by molar-refractivity contribution is 0.0951. The lowest BCUT2D eigenvalue weighted by Crippen LogP contribution is -2.33. The zero-order valence-corrected chi connectivity index (χ0v) is 20.0. The Balaban J connectivity index is 1.16. The standard InChI is InChI=1S/C28H29FN6O/c29-22-13-16-34(17-14-22)18-19-3-5-20(6-4-19)25-2-1-15-35-26(25)32-28(33-35)31-24-9-7-21(8-10-24)27(36)30-23-11-12-23/h1-10,15,22-23H,11-14,16-18H2,(H,30,36)(H,31,33). The average Bonchev–Trinajstić information content (AvgIpc) is 3.62. The predicted octanol–water partition coefficient (Wildman–Crippen LogP) is 4.97. The highest BCUT2D eigenvalue weighted by atomic mass is 19.1. The molecule has 0 radical (unpaired) electrons. The summed E-state index contributed by atoms with van der Waals surface area (Å²) in [5.74, 6) is 0.459. The second-order valence-corrected chi connectivity index (χ2v) is 9.72. The number of nitrogens with one attached hydrogen (secondary N) is 2. The summed E-state index contributed by atoms with van der Waals surface area (Å²) < 4.78 is 15.2. The van der Waals surface area contributed by atoms with Gasteiger partial charge in [-0.15, -0.1) is 5.10 Å². The Hall–Kier alpha value is -3.78. The summed E-state index contributed by atoms with van der Waals surface area (Å²) in [6, 6.07) is 20.2. The fraction of sp³-hybridized carbons (Fsp3) is 0.321. The molecule has 2 aliphatic rings. The molecule has 3 heterocycles. The smallest absolute Gasteiger partial charge is 0.251 e. The predicted molar refractivity (Wildman–Crippen MR) is 138 cm³/mol. The molecule has 2 fully saturated rings. The van der Waals surface area contributed by atoms with Crippen LogP contribution in [0.15, 0.2) is 66.9 Å².